The van der Waals surface area contributed by atoms with E-state index in [1.54, 1.807) is 24.3 Å². The van der Waals surface area contributed by atoms with Crippen LogP contribution in [0.15, 0.2) is 24.3 Å². The Balaban J connectivity index is 1.32. The van der Waals surface area contributed by atoms with Crippen molar-refractivity contribution >= 4 is 40.6 Å². The van der Waals surface area contributed by atoms with Crippen LogP contribution in [0.25, 0.3) is 0 Å². The van der Waals surface area contributed by atoms with Crippen molar-refractivity contribution in [1.82, 2.24) is 20.4 Å². The van der Waals surface area contributed by atoms with Crippen molar-refractivity contribution in [3.8, 4) is 0 Å². The molecule has 0 spiro atoms. The monoisotopic (exact) mass is 449 g/mol. The minimum absolute atomic E-state index is 0.0691. The maximum absolute atomic E-state index is 12.5. The fraction of sp³-hybridized carbons (Fsp3) is 0.500. The molecule has 4 rings (SSSR count). The number of benzene rings is 1. The van der Waals surface area contributed by atoms with Crippen molar-refractivity contribution < 1.29 is 14.3 Å². The van der Waals surface area contributed by atoms with Crippen LogP contribution in [0.4, 0.5) is 10.5 Å². The first kappa shape index (κ1) is 21.0. The van der Waals surface area contributed by atoms with Gasteiger partial charge in [-0.05, 0) is 49.9 Å². The van der Waals surface area contributed by atoms with E-state index >= 15 is 0 Å². The standard InChI is InChI=1S/C20H24ClN5O3S/c21-14-5-7-15(8-6-14)23-17(27)19-25-24-18(30-19)13-3-1-9-26(12-13)20(28)22-11-16-4-2-10-29-16/h5-8,13,16H,1-4,9-12H2,(H,22,28)(H,23,27)/t13-,16-/m1/s1. The lowest BCUT2D eigenvalue weighted by atomic mass is 9.99. The molecule has 1 aromatic carbocycles. The third-order valence-electron chi connectivity index (χ3n) is 5.30. The summed E-state index contributed by atoms with van der Waals surface area (Å²) in [5, 5.41) is 15.8. The zero-order valence-electron chi connectivity index (χ0n) is 16.5. The van der Waals surface area contributed by atoms with Crippen molar-refractivity contribution in [3.63, 3.8) is 0 Å². The van der Waals surface area contributed by atoms with E-state index in [1.807, 2.05) is 4.90 Å². The van der Waals surface area contributed by atoms with Gasteiger partial charge in [-0.3, -0.25) is 4.79 Å². The fourth-order valence-corrected chi connectivity index (χ4v) is 4.68. The highest BCUT2D eigenvalue weighted by Crippen LogP contribution is 2.29. The Bertz CT molecular complexity index is 885. The van der Waals surface area contributed by atoms with Gasteiger partial charge in [-0.15, -0.1) is 10.2 Å². The Morgan fingerprint density at radius 2 is 2.03 bits per heavy atom. The van der Waals surface area contributed by atoms with Crippen molar-refractivity contribution in [1.29, 1.82) is 0 Å². The van der Waals surface area contributed by atoms with E-state index in [4.69, 9.17) is 16.3 Å². The van der Waals surface area contributed by atoms with Crippen molar-refractivity contribution in [2.24, 2.45) is 0 Å². The number of urea groups is 1. The van der Waals surface area contributed by atoms with Gasteiger partial charge in [-0.1, -0.05) is 22.9 Å². The van der Waals surface area contributed by atoms with Crippen LogP contribution in [0.1, 0.15) is 46.4 Å². The normalized spacial score (nSPS) is 21.4. The summed E-state index contributed by atoms with van der Waals surface area (Å²) in [5.74, 6) is -0.218. The number of hydrogen-bond donors (Lipinski definition) is 2. The quantitative estimate of drug-likeness (QED) is 0.728. The molecular weight excluding hydrogens is 426 g/mol. The molecule has 2 atom stereocenters. The first-order chi connectivity index (χ1) is 14.6. The van der Waals surface area contributed by atoms with Crippen LogP contribution in [0.2, 0.25) is 5.02 Å². The highest BCUT2D eigenvalue weighted by molar-refractivity contribution is 7.13. The number of ether oxygens (including phenoxy) is 1. The van der Waals surface area contributed by atoms with Gasteiger partial charge < -0.3 is 20.3 Å². The summed E-state index contributed by atoms with van der Waals surface area (Å²) in [6.45, 7) is 2.62. The third kappa shape index (κ3) is 5.27. The number of carbonyl (C=O) groups is 2. The summed E-state index contributed by atoms with van der Waals surface area (Å²) in [7, 11) is 0. The highest BCUT2D eigenvalue weighted by atomic mass is 35.5. The summed E-state index contributed by atoms with van der Waals surface area (Å²) in [6, 6.07) is 6.82. The topological polar surface area (TPSA) is 96.5 Å². The summed E-state index contributed by atoms with van der Waals surface area (Å²) in [4.78, 5) is 26.8. The average molecular weight is 450 g/mol. The number of hydrogen-bond acceptors (Lipinski definition) is 6. The Hall–Kier alpha value is -2.23. The van der Waals surface area contributed by atoms with E-state index in [2.05, 4.69) is 20.8 Å². The Morgan fingerprint density at radius 1 is 1.20 bits per heavy atom. The molecule has 0 bridgehead atoms. The van der Waals surface area contributed by atoms with Gasteiger partial charge in [0.25, 0.3) is 5.91 Å². The van der Waals surface area contributed by atoms with Crippen LogP contribution >= 0.6 is 22.9 Å². The van der Waals surface area contributed by atoms with Crippen LogP contribution in [-0.2, 0) is 4.74 Å². The second-order valence-corrected chi connectivity index (χ2v) is 8.96. The number of halogens is 1. The molecule has 2 N–H and O–H groups in total. The maximum Gasteiger partial charge on any atom is 0.317 e. The number of aromatic nitrogens is 2. The molecule has 2 aliphatic heterocycles. The molecule has 8 nitrogen and oxygen atoms in total. The lowest BCUT2D eigenvalue weighted by molar-refractivity contribution is 0.102. The Labute approximate surface area is 184 Å². The molecule has 3 heterocycles. The summed E-state index contributed by atoms with van der Waals surface area (Å²) >= 11 is 7.15. The largest absolute Gasteiger partial charge is 0.376 e. The predicted molar refractivity (Wildman–Crippen MR) is 115 cm³/mol. The molecule has 160 valence electrons. The van der Waals surface area contributed by atoms with Crippen LogP contribution in [0, 0.1) is 0 Å². The number of amides is 3. The molecule has 3 amide bonds. The molecule has 2 aromatic rings. The van der Waals surface area contributed by atoms with E-state index in [0.717, 1.165) is 43.8 Å². The molecular formula is C20H24ClN5O3S. The van der Waals surface area contributed by atoms with Gasteiger partial charge >= 0.3 is 6.03 Å². The number of likely N-dealkylation sites (tertiary alicyclic amines) is 1. The molecule has 2 saturated heterocycles. The maximum atomic E-state index is 12.5. The second-order valence-electron chi connectivity index (χ2n) is 7.51. The van der Waals surface area contributed by atoms with Gasteiger partial charge in [-0.25, -0.2) is 4.79 Å². The summed E-state index contributed by atoms with van der Waals surface area (Å²) in [6.07, 6.45) is 3.98. The van der Waals surface area contributed by atoms with E-state index in [-0.39, 0.29) is 24.0 Å². The SMILES string of the molecule is O=C(Nc1ccc(Cl)cc1)c1nnc([C@@H]2CCCN(C(=O)NC[C@H]3CCCO3)C2)s1. The smallest absolute Gasteiger partial charge is 0.317 e. The highest BCUT2D eigenvalue weighted by Gasteiger charge is 2.28. The second kappa shape index (κ2) is 9.72. The third-order valence-corrected chi connectivity index (χ3v) is 6.64. The molecule has 0 saturated carbocycles. The van der Waals surface area contributed by atoms with Gasteiger partial charge in [-0.2, -0.15) is 0 Å². The lowest BCUT2D eigenvalue weighted by Crippen LogP contribution is -2.46. The van der Waals surface area contributed by atoms with Gasteiger partial charge in [0, 0.05) is 42.9 Å². The number of piperidine rings is 1. The summed E-state index contributed by atoms with van der Waals surface area (Å²) < 4.78 is 5.56. The average Bonchev–Trinajstić information content (AvgIpc) is 3.46. The number of anilines is 1. The van der Waals surface area contributed by atoms with E-state index in [9.17, 15) is 9.59 Å². The van der Waals surface area contributed by atoms with Gasteiger partial charge in [0.05, 0.1) is 6.10 Å². The van der Waals surface area contributed by atoms with E-state index < -0.39 is 0 Å². The Morgan fingerprint density at radius 3 is 2.80 bits per heavy atom. The van der Waals surface area contributed by atoms with Crippen molar-refractivity contribution in [2.75, 3.05) is 31.6 Å². The molecule has 30 heavy (non-hydrogen) atoms. The van der Waals surface area contributed by atoms with Crippen molar-refractivity contribution in [3.05, 3.63) is 39.3 Å². The van der Waals surface area contributed by atoms with Crippen LogP contribution < -0.4 is 10.6 Å². The number of nitrogens with zero attached hydrogens (tertiary/aromatic N) is 3. The molecule has 1 aromatic heterocycles. The first-order valence-corrected chi connectivity index (χ1v) is 11.3. The van der Waals surface area contributed by atoms with Crippen LogP contribution in [0.5, 0.6) is 0 Å². The van der Waals surface area contributed by atoms with E-state index in [0.29, 0.717) is 28.8 Å². The summed E-state index contributed by atoms with van der Waals surface area (Å²) in [5.41, 5.74) is 0.646. The molecule has 0 radical (unpaired) electrons. The lowest BCUT2D eigenvalue weighted by Gasteiger charge is -2.31. The zero-order chi connectivity index (χ0) is 20.9. The van der Waals surface area contributed by atoms with E-state index in [1.165, 1.54) is 11.3 Å². The number of rotatable bonds is 5. The molecule has 0 unspecified atom stereocenters. The molecule has 0 aliphatic carbocycles. The Kier molecular flexibility index (Phi) is 6.81. The minimum Gasteiger partial charge on any atom is -0.376 e. The zero-order valence-corrected chi connectivity index (χ0v) is 18.0. The molecule has 2 fully saturated rings. The molecule has 2 aliphatic rings. The van der Waals surface area contributed by atoms with Gasteiger partial charge in [0.2, 0.25) is 5.01 Å². The number of nitrogens with one attached hydrogen (secondary N) is 2. The van der Waals surface area contributed by atoms with Crippen LogP contribution in [0.3, 0.4) is 0 Å². The van der Waals surface area contributed by atoms with Crippen molar-refractivity contribution in [2.45, 2.75) is 37.7 Å². The molecule has 10 heteroatoms. The number of carbonyl (C=O) groups excluding carboxylic acids is 2. The fourth-order valence-electron chi connectivity index (χ4n) is 3.69. The van der Waals surface area contributed by atoms with Gasteiger partial charge in [0.1, 0.15) is 5.01 Å². The van der Waals surface area contributed by atoms with Crippen LogP contribution in [-0.4, -0.2) is 59.4 Å². The van der Waals surface area contributed by atoms with Gasteiger partial charge in [0.15, 0.2) is 0 Å². The first-order valence-electron chi connectivity index (χ1n) is 10.1. The predicted octanol–water partition coefficient (Wildman–Crippen LogP) is 3.51. The minimum atomic E-state index is -0.303.